The Labute approximate surface area is 198 Å². The number of methoxy groups -OCH3 is 1. The average molecular weight is 480 g/mol. The van der Waals surface area contributed by atoms with E-state index >= 15 is 0 Å². The normalized spacial score (nSPS) is 19.1. The number of hydrogen-bond donors (Lipinski definition) is 0. The summed E-state index contributed by atoms with van der Waals surface area (Å²) in [6, 6.07) is 7.97. The maximum absolute atomic E-state index is 13.5. The van der Waals surface area contributed by atoms with Gasteiger partial charge in [-0.2, -0.15) is 13.2 Å². The van der Waals surface area contributed by atoms with E-state index in [1.54, 1.807) is 36.3 Å². The molecule has 1 aromatic carbocycles. The van der Waals surface area contributed by atoms with Gasteiger partial charge in [-0.1, -0.05) is 6.92 Å². The highest BCUT2D eigenvalue weighted by molar-refractivity contribution is 5.95. The van der Waals surface area contributed by atoms with Crippen molar-refractivity contribution < 1.29 is 27.4 Å². The van der Waals surface area contributed by atoms with Gasteiger partial charge in [-0.3, -0.25) is 9.69 Å². The molecule has 2 aliphatic rings. The van der Waals surface area contributed by atoms with Crippen molar-refractivity contribution in [2.24, 2.45) is 0 Å². The zero-order chi connectivity index (χ0) is 24.7. The number of hydrogen-bond acceptors (Lipinski definition) is 4. The molecule has 1 fully saturated rings. The van der Waals surface area contributed by atoms with E-state index in [1.807, 2.05) is 20.9 Å². The van der Waals surface area contributed by atoms with Crippen LogP contribution in [0.1, 0.15) is 54.9 Å². The molecule has 1 aromatic heterocycles. The molecule has 0 aliphatic carbocycles. The molecule has 1 unspecified atom stereocenters. The van der Waals surface area contributed by atoms with Gasteiger partial charge in [0.2, 0.25) is 0 Å². The summed E-state index contributed by atoms with van der Waals surface area (Å²) in [6.45, 7) is 5.77. The van der Waals surface area contributed by atoms with Crippen molar-refractivity contribution in [2.45, 2.75) is 57.5 Å². The molecule has 6 nitrogen and oxygen atoms in total. The van der Waals surface area contributed by atoms with Crippen LogP contribution in [0.3, 0.4) is 0 Å². The van der Waals surface area contributed by atoms with Crippen molar-refractivity contribution in [1.29, 1.82) is 0 Å². The standard InChI is InChI=1S/C25H32F3N3O3/c1-5-17(2)34-19-7-6-18(16-20(19)33-4)23(32)30-12-10-24(11-13-30)21-8-9-22(25(26,27)28)31(21)15-14-29(24)3/h6-9,16-17H,5,10-15H2,1-4H3. The first-order valence-electron chi connectivity index (χ1n) is 11.7. The third-order valence-corrected chi connectivity index (χ3v) is 7.33. The molecule has 0 radical (unpaired) electrons. The lowest BCUT2D eigenvalue weighted by Gasteiger charge is -2.50. The Hall–Kier alpha value is -2.68. The highest BCUT2D eigenvalue weighted by Crippen LogP contribution is 2.44. The SMILES string of the molecule is CCC(C)Oc1ccc(C(=O)N2CCC3(CC2)c2ccc(C(F)(F)F)n2CCN3C)cc1OC. The van der Waals surface area contributed by atoms with Crippen LogP contribution in [0.25, 0.3) is 0 Å². The summed E-state index contributed by atoms with van der Waals surface area (Å²) in [5.74, 6) is 0.980. The van der Waals surface area contributed by atoms with Gasteiger partial charge in [0.25, 0.3) is 5.91 Å². The molecule has 0 saturated carbocycles. The van der Waals surface area contributed by atoms with E-state index in [2.05, 4.69) is 4.90 Å². The molecule has 4 rings (SSSR count). The van der Waals surface area contributed by atoms with Crippen LogP contribution >= 0.6 is 0 Å². The number of aromatic nitrogens is 1. The molecule has 0 bridgehead atoms. The molecule has 0 N–H and O–H groups in total. The summed E-state index contributed by atoms with van der Waals surface area (Å²) >= 11 is 0. The van der Waals surface area contributed by atoms with E-state index in [0.29, 0.717) is 61.8 Å². The quantitative estimate of drug-likeness (QED) is 0.620. The summed E-state index contributed by atoms with van der Waals surface area (Å²) in [6.07, 6.45) is -2.36. The largest absolute Gasteiger partial charge is 0.493 e. The molecule has 2 aromatic rings. The number of nitrogens with zero attached hydrogens (tertiary/aromatic N) is 3. The number of likely N-dealkylation sites (tertiary alicyclic amines) is 1. The fourth-order valence-electron chi connectivity index (χ4n) is 5.12. The number of likely N-dealkylation sites (N-methyl/N-ethyl adjacent to an activating group) is 1. The molecule has 3 heterocycles. The van der Waals surface area contributed by atoms with Crippen molar-refractivity contribution in [3.63, 3.8) is 0 Å². The predicted octanol–water partition coefficient (Wildman–Crippen LogP) is 4.77. The average Bonchev–Trinajstić information content (AvgIpc) is 3.27. The van der Waals surface area contributed by atoms with Gasteiger partial charge >= 0.3 is 6.18 Å². The summed E-state index contributed by atoms with van der Waals surface area (Å²) < 4.78 is 53.2. The van der Waals surface area contributed by atoms with Crippen molar-refractivity contribution >= 4 is 5.91 Å². The second-order valence-electron chi connectivity index (χ2n) is 9.20. The minimum atomic E-state index is -4.38. The van der Waals surface area contributed by atoms with Gasteiger partial charge in [0.1, 0.15) is 5.69 Å². The van der Waals surface area contributed by atoms with E-state index in [9.17, 15) is 18.0 Å². The van der Waals surface area contributed by atoms with E-state index in [0.717, 1.165) is 6.42 Å². The maximum Gasteiger partial charge on any atom is 0.431 e. The number of fused-ring (bicyclic) bond motifs is 2. The van der Waals surface area contributed by atoms with Crippen LogP contribution < -0.4 is 9.47 Å². The smallest absolute Gasteiger partial charge is 0.431 e. The van der Waals surface area contributed by atoms with Crippen LogP contribution in [-0.4, -0.2) is 60.2 Å². The second-order valence-corrected chi connectivity index (χ2v) is 9.20. The number of amides is 1. The Morgan fingerprint density at radius 1 is 1.09 bits per heavy atom. The molecule has 9 heteroatoms. The highest BCUT2D eigenvalue weighted by Gasteiger charge is 2.47. The zero-order valence-corrected chi connectivity index (χ0v) is 20.1. The molecule has 1 amide bonds. The van der Waals surface area contributed by atoms with E-state index in [1.165, 1.54) is 10.6 Å². The molecule has 2 aliphatic heterocycles. The number of halogens is 3. The molecular weight excluding hydrogens is 447 g/mol. The summed E-state index contributed by atoms with van der Waals surface area (Å²) in [4.78, 5) is 17.2. The van der Waals surface area contributed by atoms with Gasteiger partial charge in [0, 0.05) is 37.4 Å². The van der Waals surface area contributed by atoms with Crippen LogP contribution in [0.4, 0.5) is 13.2 Å². The lowest BCUT2D eigenvalue weighted by atomic mass is 9.81. The lowest BCUT2D eigenvalue weighted by Crippen LogP contribution is -2.56. The first kappa shape index (κ1) is 24.4. The Morgan fingerprint density at radius 3 is 2.41 bits per heavy atom. The molecular formula is C25H32F3N3O3. The lowest BCUT2D eigenvalue weighted by molar-refractivity contribution is -0.144. The fourth-order valence-corrected chi connectivity index (χ4v) is 5.12. The Kier molecular flexibility index (Phi) is 6.59. The maximum atomic E-state index is 13.5. The Bertz CT molecular complexity index is 1040. The van der Waals surface area contributed by atoms with Gasteiger partial charge in [-0.05, 0) is 63.6 Å². The van der Waals surface area contributed by atoms with Crippen LogP contribution in [0, 0.1) is 0 Å². The van der Waals surface area contributed by atoms with Crippen LogP contribution in [0.15, 0.2) is 30.3 Å². The molecule has 186 valence electrons. The van der Waals surface area contributed by atoms with Gasteiger partial charge in [0.05, 0.1) is 18.8 Å². The topological polar surface area (TPSA) is 46.9 Å². The second kappa shape index (κ2) is 9.17. The van der Waals surface area contributed by atoms with Crippen LogP contribution in [0.2, 0.25) is 0 Å². The van der Waals surface area contributed by atoms with Gasteiger partial charge in [-0.15, -0.1) is 0 Å². The third-order valence-electron chi connectivity index (χ3n) is 7.33. The van der Waals surface area contributed by atoms with Crippen molar-refractivity contribution in [1.82, 2.24) is 14.4 Å². The zero-order valence-electron chi connectivity index (χ0n) is 20.1. The highest BCUT2D eigenvalue weighted by atomic mass is 19.4. The van der Waals surface area contributed by atoms with Crippen LogP contribution in [0.5, 0.6) is 11.5 Å². The number of piperidine rings is 1. The third kappa shape index (κ3) is 4.26. The first-order chi connectivity index (χ1) is 16.1. The van der Waals surface area contributed by atoms with E-state index in [4.69, 9.17) is 9.47 Å². The first-order valence-corrected chi connectivity index (χ1v) is 11.7. The fraction of sp³-hybridized carbons (Fsp3) is 0.560. The number of alkyl halides is 3. The number of benzene rings is 1. The summed E-state index contributed by atoms with van der Waals surface area (Å²) in [5, 5.41) is 0. The number of ether oxygens (including phenoxy) is 2. The number of carbonyl (C=O) groups excluding carboxylic acids is 1. The monoisotopic (exact) mass is 479 g/mol. The minimum absolute atomic E-state index is 0.0260. The Balaban J connectivity index is 1.52. The van der Waals surface area contributed by atoms with Gasteiger partial charge in [-0.25, -0.2) is 0 Å². The van der Waals surface area contributed by atoms with E-state index in [-0.39, 0.29) is 12.0 Å². The van der Waals surface area contributed by atoms with Crippen molar-refractivity contribution in [3.8, 4) is 11.5 Å². The number of rotatable bonds is 5. The molecule has 1 spiro atoms. The summed E-state index contributed by atoms with van der Waals surface area (Å²) in [7, 11) is 3.50. The van der Waals surface area contributed by atoms with Gasteiger partial charge in [0.15, 0.2) is 11.5 Å². The molecule has 34 heavy (non-hydrogen) atoms. The van der Waals surface area contributed by atoms with E-state index < -0.39 is 17.4 Å². The molecule has 1 atom stereocenters. The van der Waals surface area contributed by atoms with Gasteiger partial charge < -0.3 is 18.9 Å². The van der Waals surface area contributed by atoms with Crippen molar-refractivity contribution in [3.05, 3.63) is 47.3 Å². The minimum Gasteiger partial charge on any atom is -0.493 e. The van der Waals surface area contributed by atoms with Crippen LogP contribution in [-0.2, 0) is 18.3 Å². The van der Waals surface area contributed by atoms with Crippen molar-refractivity contribution in [2.75, 3.05) is 33.8 Å². The summed E-state index contributed by atoms with van der Waals surface area (Å²) in [5.41, 5.74) is 0.0858. The number of carbonyl (C=O) groups is 1. The Morgan fingerprint density at radius 2 is 1.79 bits per heavy atom. The predicted molar refractivity (Wildman–Crippen MR) is 122 cm³/mol. The molecule has 1 saturated heterocycles.